The second-order valence-electron chi connectivity index (χ2n) is 8.21. The molecule has 0 bridgehead atoms. The fourth-order valence-corrected chi connectivity index (χ4v) is 4.55. The number of nitrogens with zero attached hydrogens (tertiary/aromatic N) is 2. The minimum absolute atomic E-state index is 0.243. The van der Waals surface area contributed by atoms with Gasteiger partial charge in [0.1, 0.15) is 5.76 Å². The normalized spacial score (nSPS) is 22.2. The van der Waals surface area contributed by atoms with Crippen molar-refractivity contribution in [3.8, 4) is 0 Å². The highest BCUT2D eigenvalue weighted by Gasteiger charge is 2.42. The number of methoxy groups -OCH3 is 1. The van der Waals surface area contributed by atoms with Crippen LogP contribution in [0.5, 0.6) is 0 Å². The molecule has 1 unspecified atom stereocenters. The summed E-state index contributed by atoms with van der Waals surface area (Å²) in [5.74, 6) is 0.860. The van der Waals surface area contributed by atoms with Crippen LogP contribution in [0, 0.1) is 0 Å². The molecule has 1 heterocycles. The van der Waals surface area contributed by atoms with E-state index in [0.29, 0.717) is 13.1 Å². The standard InChI is InChI=1S/C26H32N2O2/c1-29-25-18-19-27-20-26(25,30-24-16-10-2-3-11-17-24)21-28(22-12-6-4-7-13-22)23-14-8-5-9-15-23/h4-9,12-15,18-19,24H,2-3,10-11,16-17,20-21H2,1H3. The highest BCUT2D eigenvalue weighted by Crippen LogP contribution is 2.36. The zero-order valence-electron chi connectivity index (χ0n) is 17.9. The molecule has 2 aromatic carbocycles. The number of anilines is 2. The fourth-order valence-electron chi connectivity index (χ4n) is 4.55. The Bertz CT molecular complexity index is 802. The molecule has 0 N–H and O–H groups in total. The van der Waals surface area contributed by atoms with Crippen molar-refractivity contribution in [1.82, 2.24) is 0 Å². The highest BCUT2D eigenvalue weighted by atomic mass is 16.6. The van der Waals surface area contributed by atoms with E-state index in [4.69, 9.17) is 9.47 Å². The predicted molar refractivity (Wildman–Crippen MR) is 124 cm³/mol. The van der Waals surface area contributed by atoms with Gasteiger partial charge in [-0.3, -0.25) is 4.99 Å². The van der Waals surface area contributed by atoms with E-state index >= 15 is 0 Å². The molecule has 0 amide bonds. The van der Waals surface area contributed by atoms with Gasteiger partial charge in [0.15, 0.2) is 5.60 Å². The molecule has 4 rings (SSSR count). The first kappa shape index (κ1) is 20.7. The van der Waals surface area contributed by atoms with Gasteiger partial charge >= 0.3 is 0 Å². The molecule has 0 aromatic heterocycles. The number of rotatable bonds is 7. The molecule has 4 heteroatoms. The number of hydrogen-bond donors (Lipinski definition) is 0. The van der Waals surface area contributed by atoms with Crippen LogP contribution in [0.4, 0.5) is 11.4 Å². The third kappa shape index (κ3) is 4.76. The summed E-state index contributed by atoms with van der Waals surface area (Å²) in [6.45, 7) is 1.22. The number of aliphatic imine (C=N–C) groups is 1. The Morgan fingerprint density at radius 1 is 0.900 bits per heavy atom. The summed E-state index contributed by atoms with van der Waals surface area (Å²) in [6, 6.07) is 21.0. The van der Waals surface area contributed by atoms with Gasteiger partial charge in [-0.25, -0.2) is 0 Å². The van der Waals surface area contributed by atoms with E-state index < -0.39 is 5.60 Å². The predicted octanol–water partition coefficient (Wildman–Crippen LogP) is 5.92. The van der Waals surface area contributed by atoms with Gasteiger partial charge < -0.3 is 14.4 Å². The van der Waals surface area contributed by atoms with Crippen LogP contribution in [0.25, 0.3) is 0 Å². The molecular weight excluding hydrogens is 372 g/mol. The van der Waals surface area contributed by atoms with Crippen molar-refractivity contribution >= 4 is 17.6 Å². The van der Waals surface area contributed by atoms with Crippen molar-refractivity contribution in [3.63, 3.8) is 0 Å². The number of para-hydroxylation sites is 2. The molecule has 1 aliphatic carbocycles. The first-order valence-electron chi connectivity index (χ1n) is 11.1. The zero-order valence-corrected chi connectivity index (χ0v) is 17.9. The zero-order chi connectivity index (χ0) is 20.7. The first-order chi connectivity index (χ1) is 14.8. The number of dihydropyridines is 1. The van der Waals surface area contributed by atoms with Crippen LogP contribution in [0.2, 0.25) is 0 Å². The lowest BCUT2D eigenvalue weighted by atomic mass is 9.95. The van der Waals surface area contributed by atoms with E-state index in [0.717, 1.165) is 30.0 Å². The Kier molecular flexibility index (Phi) is 6.85. The Morgan fingerprint density at radius 2 is 1.50 bits per heavy atom. The summed E-state index contributed by atoms with van der Waals surface area (Å²) in [5, 5.41) is 0. The van der Waals surface area contributed by atoms with Gasteiger partial charge in [0.25, 0.3) is 0 Å². The van der Waals surface area contributed by atoms with Crippen LogP contribution < -0.4 is 4.90 Å². The highest BCUT2D eigenvalue weighted by molar-refractivity contribution is 5.74. The third-order valence-electron chi connectivity index (χ3n) is 6.09. The maximum absolute atomic E-state index is 6.93. The van der Waals surface area contributed by atoms with E-state index in [1.54, 1.807) is 7.11 Å². The monoisotopic (exact) mass is 404 g/mol. The molecule has 1 atom stereocenters. The molecule has 0 saturated heterocycles. The lowest BCUT2D eigenvalue weighted by molar-refractivity contribution is -0.0886. The van der Waals surface area contributed by atoms with Crippen LogP contribution in [-0.2, 0) is 9.47 Å². The second kappa shape index (κ2) is 9.94. The number of ether oxygens (including phenoxy) is 2. The maximum Gasteiger partial charge on any atom is 0.162 e. The number of allylic oxidation sites excluding steroid dienone is 1. The summed E-state index contributed by atoms with van der Waals surface area (Å²) in [4.78, 5) is 6.95. The van der Waals surface area contributed by atoms with Crippen LogP contribution in [0.3, 0.4) is 0 Å². The van der Waals surface area contributed by atoms with Gasteiger partial charge in [-0.05, 0) is 43.2 Å². The lowest BCUT2D eigenvalue weighted by Gasteiger charge is -2.42. The lowest BCUT2D eigenvalue weighted by Crippen LogP contribution is -2.51. The average molecular weight is 405 g/mol. The molecule has 4 nitrogen and oxygen atoms in total. The molecule has 1 fully saturated rings. The van der Waals surface area contributed by atoms with E-state index in [-0.39, 0.29) is 6.10 Å². The summed E-state index contributed by atoms with van der Waals surface area (Å²) in [6.07, 6.45) is 11.3. The topological polar surface area (TPSA) is 34.1 Å². The first-order valence-corrected chi connectivity index (χ1v) is 11.1. The van der Waals surface area contributed by atoms with Crippen LogP contribution in [0.15, 0.2) is 77.5 Å². The van der Waals surface area contributed by atoms with Crippen LogP contribution in [-0.4, -0.2) is 38.1 Å². The summed E-state index contributed by atoms with van der Waals surface area (Å²) < 4.78 is 12.8. The van der Waals surface area contributed by atoms with Crippen molar-refractivity contribution in [2.75, 3.05) is 25.1 Å². The average Bonchev–Trinajstić information content (AvgIpc) is 3.07. The summed E-state index contributed by atoms with van der Waals surface area (Å²) in [7, 11) is 1.74. The molecule has 2 aromatic rings. The van der Waals surface area contributed by atoms with E-state index in [1.807, 2.05) is 12.3 Å². The largest absolute Gasteiger partial charge is 0.498 e. The molecule has 30 heavy (non-hydrogen) atoms. The van der Waals surface area contributed by atoms with Crippen LogP contribution >= 0.6 is 0 Å². The maximum atomic E-state index is 6.93. The third-order valence-corrected chi connectivity index (χ3v) is 6.09. The van der Waals surface area contributed by atoms with Crippen molar-refractivity contribution in [3.05, 3.63) is 72.5 Å². The van der Waals surface area contributed by atoms with Gasteiger partial charge in [-0.2, -0.15) is 0 Å². The molecule has 1 saturated carbocycles. The molecular formula is C26H32N2O2. The van der Waals surface area contributed by atoms with Gasteiger partial charge in [0, 0.05) is 17.6 Å². The second-order valence-corrected chi connectivity index (χ2v) is 8.21. The van der Waals surface area contributed by atoms with Crippen LogP contribution in [0.1, 0.15) is 38.5 Å². The van der Waals surface area contributed by atoms with E-state index in [9.17, 15) is 0 Å². The van der Waals surface area contributed by atoms with Gasteiger partial charge in [0.2, 0.25) is 0 Å². The van der Waals surface area contributed by atoms with Crippen molar-refractivity contribution in [2.45, 2.75) is 50.2 Å². The summed E-state index contributed by atoms with van der Waals surface area (Å²) in [5.41, 5.74) is 1.67. The number of hydrogen-bond acceptors (Lipinski definition) is 4. The van der Waals surface area contributed by atoms with E-state index in [2.05, 4.69) is 70.6 Å². The Balaban J connectivity index is 1.70. The van der Waals surface area contributed by atoms with Gasteiger partial charge in [-0.15, -0.1) is 0 Å². The van der Waals surface area contributed by atoms with Gasteiger partial charge in [-0.1, -0.05) is 62.1 Å². The van der Waals surface area contributed by atoms with Crippen molar-refractivity contribution < 1.29 is 9.47 Å². The van der Waals surface area contributed by atoms with Gasteiger partial charge in [0.05, 0.1) is 26.3 Å². The Hall–Kier alpha value is -2.59. The SMILES string of the molecule is COC1=CC=NCC1(CN(c1ccccc1)c1ccccc1)OC1CCCCCC1. The van der Waals surface area contributed by atoms with Crippen molar-refractivity contribution in [2.24, 2.45) is 4.99 Å². The quantitative estimate of drug-likeness (QED) is 0.537. The number of benzene rings is 2. The smallest absolute Gasteiger partial charge is 0.162 e. The molecule has 0 spiro atoms. The molecule has 158 valence electrons. The Morgan fingerprint density at radius 3 is 2.07 bits per heavy atom. The fraction of sp³-hybridized carbons (Fsp3) is 0.423. The Labute approximate surface area is 180 Å². The minimum Gasteiger partial charge on any atom is -0.498 e. The molecule has 1 aliphatic heterocycles. The summed E-state index contributed by atoms with van der Waals surface area (Å²) >= 11 is 0. The molecule has 2 aliphatic rings. The van der Waals surface area contributed by atoms with Crippen molar-refractivity contribution in [1.29, 1.82) is 0 Å². The van der Waals surface area contributed by atoms with E-state index in [1.165, 1.54) is 25.7 Å². The minimum atomic E-state index is -0.607. The molecule has 0 radical (unpaired) electrons.